The number of nitrogens with zero attached hydrogens (tertiary/aromatic N) is 7. The van der Waals surface area contributed by atoms with Crippen molar-refractivity contribution in [1.82, 2.24) is 39.6 Å². The number of nitrogens with one attached hydrogen (secondary N) is 1. The van der Waals surface area contributed by atoms with Gasteiger partial charge in [-0.05, 0) is 173 Å². The maximum absolute atomic E-state index is 5.10. The van der Waals surface area contributed by atoms with Crippen molar-refractivity contribution in [1.29, 1.82) is 0 Å². The Bertz CT molecular complexity index is 607. The number of rotatable bonds is 0. The van der Waals surface area contributed by atoms with E-state index in [1.165, 1.54) is 175 Å². The summed E-state index contributed by atoms with van der Waals surface area (Å²) in [6.45, 7) is 22.0. The predicted molar refractivity (Wildman–Crippen MR) is 215 cm³/mol. The largest absolute Gasteiger partial charge is 0.379 e. The van der Waals surface area contributed by atoms with Gasteiger partial charge in [-0.2, -0.15) is 0 Å². The van der Waals surface area contributed by atoms with Gasteiger partial charge in [0.25, 0.3) is 0 Å². The Morgan fingerprint density at radius 1 is 0.265 bits per heavy atom. The highest BCUT2D eigenvalue weighted by Gasteiger charge is 2.06. The SMILES string of the molecule is CN1CCC1.CN1CCCC1.CN1CCCCC1.CN1CCCCCC1.CN1CCCCCCC1.CN1CCNCC1.CN1CCOCC1. The van der Waals surface area contributed by atoms with Crippen molar-refractivity contribution < 1.29 is 4.74 Å². The first-order chi connectivity index (χ1) is 23.8. The highest BCUT2D eigenvalue weighted by atomic mass is 16.5. The molecule has 0 aromatic rings. The van der Waals surface area contributed by atoms with E-state index in [-0.39, 0.29) is 0 Å². The van der Waals surface area contributed by atoms with E-state index >= 15 is 0 Å². The summed E-state index contributed by atoms with van der Waals surface area (Å²) in [5, 5.41) is 3.27. The molecule has 0 aliphatic carbocycles. The van der Waals surface area contributed by atoms with Crippen molar-refractivity contribution in [3.63, 3.8) is 0 Å². The number of hydrogen-bond donors (Lipinski definition) is 1. The second-order valence-electron chi connectivity index (χ2n) is 15.8. The van der Waals surface area contributed by atoms with Gasteiger partial charge in [-0.1, -0.05) is 38.5 Å². The van der Waals surface area contributed by atoms with Gasteiger partial charge in [0.1, 0.15) is 0 Å². The van der Waals surface area contributed by atoms with Crippen LogP contribution in [0.2, 0.25) is 0 Å². The van der Waals surface area contributed by atoms with Crippen LogP contribution in [0, 0.1) is 0 Å². The number of likely N-dealkylation sites (tertiary alicyclic amines) is 5. The molecule has 0 bridgehead atoms. The van der Waals surface area contributed by atoms with Gasteiger partial charge in [-0.25, -0.2) is 0 Å². The molecule has 0 aromatic carbocycles. The molecule has 1 N–H and O–H groups in total. The summed E-state index contributed by atoms with van der Waals surface area (Å²) >= 11 is 0. The van der Waals surface area contributed by atoms with Gasteiger partial charge < -0.3 is 44.4 Å². The van der Waals surface area contributed by atoms with E-state index in [2.05, 4.69) is 88.9 Å². The minimum atomic E-state index is 0.913. The monoisotopic (exact) mass is 697 g/mol. The molecular weight excluding hydrogens is 608 g/mol. The molecule has 7 heterocycles. The Morgan fingerprint density at radius 3 is 0.694 bits per heavy atom. The molecule has 0 unspecified atom stereocenters. The van der Waals surface area contributed by atoms with E-state index in [1.54, 1.807) is 0 Å². The first-order valence-electron chi connectivity index (χ1n) is 20.8. The van der Waals surface area contributed by atoms with Crippen LogP contribution in [0.15, 0.2) is 0 Å². The fourth-order valence-corrected chi connectivity index (χ4v) is 6.47. The molecule has 7 aliphatic heterocycles. The van der Waals surface area contributed by atoms with E-state index in [1.807, 2.05) is 0 Å². The van der Waals surface area contributed by atoms with Crippen LogP contribution in [0.4, 0.5) is 0 Å². The average Bonchev–Trinajstić information content (AvgIpc) is 3.44. The average molecular weight is 697 g/mol. The van der Waals surface area contributed by atoms with Gasteiger partial charge in [0.05, 0.1) is 13.2 Å². The minimum absolute atomic E-state index is 0.913. The van der Waals surface area contributed by atoms with E-state index in [0.717, 1.165) is 39.4 Å². The summed E-state index contributed by atoms with van der Waals surface area (Å²) in [6, 6.07) is 0. The normalized spacial score (nSPS) is 25.3. The Hall–Kier alpha value is -0.360. The number of morpholine rings is 1. The molecule has 7 saturated heterocycles. The number of piperazine rings is 1. The molecule has 0 radical (unpaired) electrons. The second-order valence-corrected chi connectivity index (χ2v) is 15.8. The van der Waals surface area contributed by atoms with Crippen LogP contribution < -0.4 is 5.32 Å². The molecule has 0 amide bonds. The van der Waals surface area contributed by atoms with Gasteiger partial charge in [-0.15, -0.1) is 0 Å². The maximum atomic E-state index is 5.10. The van der Waals surface area contributed by atoms with Crippen LogP contribution in [0.25, 0.3) is 0 Å². The predicted octanol–water partition coefficient (Wildman–Crippen LogP) is 4.98. The van der Waals surface area contributed by atoms with Crippen molar-refractivity contribution in [3.8, 4) is 0 Å². The molecule has 0 aromatic heterocycles. The Morgan fingerprint density at radius 2 is 0.490 bits per heavy atom. The van der Waals surface area contributed by atoms with Gasteiger partial charge in [0, 0.05) is 39.3 Å². The molecule has 7 aliphatic rings. The Balaban J connectivity index is 0.000000287. The molecule has 0 atom stereocenters. The zero-order valence-corrected chi connectivity index (χ0v) is 34.4. The van der Waals surface area contributed by atoms with E-state index < -0.39 is 0 Å². The third kappa shape index (κ3) is 32.1. The van der Waals surface area contributed by atoms with E-state index in [9.17, 15) is 0 Å². The van der Waals surface area contributed by atoms with Crippen molar-refractivity contribution >= 4 is 0 Å². The summed E-state index contributed by atoms with van der Waals surface area (Å²) in [4.78, 5) is 16.5. The third-order valence-corrected chi connectivity index (χ3v) is 10.5. The highest BCUT2D eigenvalue weighted by Crippen LogP contribution is 2.09. The molecule has 294 valence electrons. The summed E-state index contributed by atoms with van der Waals surface area (Å²) in [6.07, 6.45) is 21.4. The van der Waals surface area contributed by atoms with Crippen LogP contribution in [0.3, 0.4) is 0 Å². The number of hydrogen-bond acceptors (Lipinski definition) is 9. The molecular formula is C40H88N8O. The van der Waals surface area contributed by atoms with Crippen molar-refractivity contribution in [2.45, 2.75) is 96.3 Å². The minimum Gasteiger partial charge on any atom is -0.379 e. The van der Waals surface area contributed by atoms with Crippen LogP contribution in [-0.4, -0.2) is 202 Å². The van der Waals surface area contributed by atoms with Gasteiger partial charge in [0.15, 0.2) is 0 Å². The fraction of sp³-hybridized carbons (Fsp3) is 1.00. The van der Waals surface area contributed by atoms with Gasteiger partial charge in [-0.3, -0.25) is 0 Å². The Kier molecular flexibility index (Phi) is 31.9. The summed E-state index contributed by atoms with van der Waals surface area (Å²) in [5.74, 6) is 0. The standard InChI is InChI=1S/C8H17N.C7H15N.C6H13N.C5H12N2.C5H11NO.C5H11N.C4H9N/c1-9-7-5-3-2-4-6-8-9;1-8-6-4-2-3-5-7-8;1-7-5-3-2-4-6-7;1-7-4-2-6-3-5-7;1-6-2-4-7-5-3-6;1-6-4-2-3-5-6;1-5-3-2-4-5/h2-8H2,1H3;2-7H2,1H3;2-6H2,1H3;6H,2-5H2,1H3;2-5H2,1H3;2-5H2,1H3;2-4H2,1H3. The van der Waals surface area contributed by atoms with E-state index in [0.29, 0.717) is 0 Å². The first kappa shape index (κ1) is 46.7. The highest BCUT2D eigenvalue weighted by molar-refractivity contribution is 4.63. The molecule has 7 rings (SSSR count). The maximum Gasteiger partial charge on any atom is 0.0594 e. The zero-order valence-electron chi connectivity index (χ0n) is 34.4. The van der Waals surface area contributed by atoms with Crippen molar-refractivity contribution in [2.75, 3.05) is 167 Å². The lowest BCUT2D eigenvalue weighted by molar-refractivity contribution is 0.0503. The summed E-state index contributed by atoms with van der Waals surface area (Å²) in [5.41, 5.74) is 0. The summed E-state index contributed by atoms with van der Waals surface area (Å²) < 4.78 is 5.10. The lowest BCUT2D eigenvalue weighted by atomic mass is 10.1. The smallest absolute Gasteiger partial charge is 0.0594 e. The van der Waals surface area contributed by atoms with Gasteiger partial charge in [0.2, 0.25) is 0 Å². The number of piperidine rings is 1. The van der Waals surface area contributed by atoms with Crippen LogP contribution in [0.5, 0.6) is 0 Å². The van der Waals surface area contributed by atoms with Crippen LogP contribution in [-0.2, 0) is 4.74 Å². The van der Waals surface area contributed by atoms with E-state index in [4.69, 9.17) is 4.74 Å². The van der Waals surface area contributed by atoms with Crippen molar-refractivity contribution in [2.24, 2.45) is 0 Å². The molecule has 7 fully saturated rings. The Labute approximate surface area is 307 Å². The van der Waals surface area contributed by atoms with Crippen LogP contribution >= 0.6 is 0 Å². The lowest BCUT2D eigenvalue weighted by Crippen LogP contribution is -2.40. The number of ether oxygens (including phenoxy) is 1. The zero-order chi connectivity index (χ0) is 35.8. The molecule has 0 spiro atoms. The summed E-state index contributed by atoms with van der Waals surface area (Å²) in [7, 11) is 15.2. The van der Waals surface area contributed by atoms with Crippen molar-refractivity contribution in [3.05, 3.63) is 0 Å². The second kappa shape index (κ2) is 33.5. The van der Waals surface area contributed by atoms with Crippen LogP contribution in [0.1, 0.15) is 96.3 Å². The van der Waals surface area contributed by atoms with Gasteiger partial charge >= 0.3 is 0 Å². The molecule has 9 heteroatoms. The molecule has 49 heavy (non-hydrogen) atoms. The fourth-order valence-electron chi connectivity index (χ4n) is 6.47. The first-order valence-corrected chi connectivity index (χ1v) is 20.8. The quantitative estimate of drug-likeness (QED) is 0.378. The topological polar surface area (TPSA) is 43.9 Å². The lowest BCUT2D eigenvalue weighted by Gasteiger charge is -2.24. The third-order valence-electron chi connectivity index (χ3n) is 10.5. The molecule has 0 saturated carbocycles. The molecule has 9 nitrogen and oxygen atoms in total. The number of likely N-dealkylation sites (N-methyl/N-ethyl adjacent to an activating group) is 2.